The Hall–Kier alpha value is -0.480. The second-order valence-corrected chi connectivity index (χ2v) is 6.49. The van der Waals surface area contributed by atoms with Crippen molar-refractivity contribution in [2.75, 3.05) is 26.3 Å². The fourth-order valence-electron chi connectivity index (χ4n) is 2.68. The summed E-state index contributed by atoms with van der Waals surface area (Å²) in [5.41, 5.74) is 0. The van der Waals surface area contributed by atoms with Crippen molar-refractivity contribution < 1.29 is 9.53 Å². The lowest BCUT2D eigenvalue weighted by molar-refractivity contribution is -0.117. The SMILES string of the molecule is CC(=O)CCCCCCCCCCC(=S)N1CCOCC1. The fourth-order valence-corrected chi connectivity index (χ4v) is 3.01. The Kier molecular flexibility index (Phi) is 10.7. The van der Waals surface area contributed by atoms with Gasteiger partial charge in [0.15, 0.2) is 0 Å². The van der Waals surface area contributed by atoms with Gasteiger partial charge in [-0.05, 0) is 26.2 Å². The van der Waals surface area contributed by atoms with Crippen LogP contribution in [0.5, 0.6) is 0 Å². The number of nitrogens with zero attached hydrogens (tertiary/aromatic N) is 1. The summed E-state index contributed by atoms with van der Waals surface area (Å²) >= 11 is 5.49. The molecule has 3 nitrogen and oxygen atoms in total. The van der Waals surface area contributed by atoms with E-state index in [1.165, 1.54) is 44.9 Å². The Morgan fingerprint density at radius 3 is 1.90 bits per heavy atom. The molecule has 0 spiro atoms. The summed E-state index contributed by atoms with van der Waals surface area (Å²) in [6.45, 7) is 5.27. The molecule has 0 aromatic heterocycles. The van der Waals surface area contributed by atoms with Gasteiger partial charge in [0.25, 0.3) is 0 Å². The van der Waals surface area contributed by atoms with Gasteiger partial charge in [-0.1, -0.05) is 50.7 Å². The van der Waals surface area contributed by atoms with Crippen molar-refractivity contribution in [3.8, 4) is 0 Å². The van der Waals surface area contributed by atoms with Gasteiger partial charge < -0.3 is 14.4 Å². The molecule has 0 aromatic rings. The first-order chi connectivity index (χ1) is 10.2. The largest absolute Gasteiger partial charge is 0.378 e. The molecule has 0 aromatic carbocycles. The van der Waals surface area contributed by atoms with Crippen molar-refractivity contribution in [3.05, 3.63) is 0 Å². The molecule has 1 saturated heterocycles. The number of hydrogen-bond acceptors (Lipinski definition) is 3. The lowest BCUT2D eigenvalue weighted by atomic mass is 10.1. The zero-order chi connectivity index (χ0) is 15.3. The van der Waals surface area contributed by atoms with Crippen LogP contribution in [0.4, 0.5) is 0 Å². The van der Waals surface area contributed by atoms with Crippen molar-refractivity contribution in [1.82, 2.24) is 4.90 Å². The molecule has 4 heteroatoms. The summed E-state index contributed by atoms with van der Waals surface area (Å²) in [6, 6.07) is 0. The van der Waals surface area contributed by atoms with Gasteiger partial charge in [-0.15, -0.1) is 0 Å². The van der Waals surface area contributed by atoms with E-state index in [9.17, 15) is 4.79 Å². The van der Waals surface area contributed by atoms with E-state index in [1.54, 1.807) is 6.92 Å². The van der Waals surface area contributed by atoms with E-state index in [0.717, 1.165) is 50.6 Å². The van der Waals surface area contributed by atoms with Crippen molar-refractivity contribution in [3.63, 3.8) is 0 Å². The molecule has 0 radical (unpaired) electrons. The van der Waals surface area contributed by atoms with E-state index < -0.39 is 0 Å². The molecule has 122 valence electrons. The van der Waals surface area contributed by atoms with Crippen LogP contribution in [0.1, 0.15) is 71.1 Å². The number of thiocarbonyl (C=S) groups is 1. The van der Waals surface area contributed by atoms with Gasteiger partial charge in [-0.2, -0.15) is 0 Å². The number of morpholine rings is 1. The summed E-state index contributed by atoms with van der Waals surface area (Å²) in [6.07, 6.45) is 11.9. The number of carbonyl (C=O) groups excluding carboxylic acids is 1. The van der Waals surface area contributed by atoms with Crippen molar-refractivity contribution in [2.45, 2.75) is 71.1 Å². The Morgan fingerprint density at radius 2 is 1.38 bits per heavy atom. The Bertz CT molecular complexity index is 301. The Labute approximate surface area is 135 Å². The highest BCUT2D eigenvalue weighted by Crippen LogP contribution is 2.12. The van der Waals surface area contributed by atoms with E-state index in [1.807, 2.05) is 0 Å². The first kappa shape index (κ1) is 18.6. The lowest BCUT2D eigenvalue weighted by Crippen LogP contribution is -2.39. The van der Waals surface area contributed by atoms with Crippen LogP contribution in [-0.2, 0) is 9.53 Å². The molecule has 0 N–H and O–H groups in total. The van der Waals surface area contributed by atoms with Crippen LogP contribution in [0.3, 0.4) is 0 Å². The summed E-state index contributed by atoms with van der Waals surface area (Å²) in [4.78, 5) is 14.2. The lowest BCUT2D eigenvalue weighted by Gasteiger charge is -2.29. The molecule has 0 unspecified atom stereocenters. The summed E-state index contributed by atoms with van der Waals surface area (Å²) < 4.78 is 5.34. The van der Waals surface area contributed by atoms with Gasteiger partial charge in [-0.25, -0.2) is 0 Å². The second-order valence-electron chi connectivity index (χ2n) is 6.02. The summed E-state index contributed by atoms with van der Waals surface area (Å²) in [5.74, 6) is 0.325. The van der Waals surface area contributed by atoms with Crippen molar-refractivity contribution in [1.29, 1.82) is 0 Å². The molecular weight excluding hydrogens is 282 g/mol. The third-order valence-corrected chi connectivity index (χ3v) is 4.50. The molecule has 0 amide bonds. The van der Waals surface area contributed by atoms with Crippen LogP contribution in [0.15, 0.2) is 0 Å². The van der Waals surface area contributed by atoms with Gasteiger partial charge in [0.05, 0.1) is 18.2 Å². The molecule has 0 atom stereocenters. The highest BCUT2D eigenvalue weighted by molar-refractivity contribution is 7.80. The van der Waals surface area contributed by atoms with Crippen molar-refractivity contribution >= 4 is 23.0 Å². The molecule has 1 aliphatic rings. The summed E-state index contributed by atoms with van der Waals surface area (Å²) in [7, 11) is 0. The van der Waals surface area contributed by atoms with E-state index in [4.69, 9.17) is 17.0 Å². The van der Waals surface area contributed by atoms with Gasteiger partial charge >= 0.3 is 0 Å². The number of ketones is 1. The number of rotatable bonds is 11. The molecule has 1 rings (SSSR count). The zero-order valence-electron chi connectivity index (χ0n) is 13.6. The minimum atomic E-state index is 0.325. The Morgan fingerprint density at radius 1 is 0.905 bits per heavy atom. The first-order valence-electron chi connectivity index (χ1n) is 8.55. The third-order valence-electron chi connectivity index (χ3n) is 4.03. The van der Waals surface area contributed by atoms with Gasteiger partial charge in [0.2, 0.25) is 0 Å². The maximum absolute atomic E-state index is 10.8. The first-order valence-corrected chi connectivity index (χ1v) is 8.96. The van der Waals surface area contributed by atoms with Gasteiger partial charge in [0.1, 0.15) is 5.78 Å². The molecule has 1 fully saturated rings. The molecule has 0 saturated carbocycles. The van der Waals surface area contributed by atoms with Crippen LogP contribution < -0.4 is 0 Å². The Balaban J connectivity index is 1.83. The molecule has 0 aliphatic carbocycles. The van der Waals surface area contributed by atoms with Gasteiger partial charge in [0, 0.05) is 19.5 Å². The molecule has 1 aliphatic heterocycles. The van der Waals surface area contributed by atoms with Crippen molar-refractivity contribution in [2.24, 2.45) is 0 Å². The number of ether oxygens (including phenoxy) is 1. The van der Waals surface area contributed by atoms with Crippen LogP contribution in [0.2, 0.25) is 0 Å². The van der Waals surface area contributed by atoms with Crippen LogP contribution >= 0.6 is 12.2 Å². The number of Topliss-reactive ketones (excluding diaryl/α,β-unsaturated/α-hetero) is 1. The average Bonchev–Trinajstić information content (AvgIpc) is 2.49. The average molecular weight is 314 g/mol. The topological polar surface area (TPSA) is 29.5 Å². The number of unbranched alkanes of at least 4 members (excludes halogenated alkanes) is 7. The van der Waals surface area contributed by atoms with Crippen LogP contribution in [0.25, 0.3) is 0 Å². The second kappa shape index (κ2) is 12.1. The maximum atomic E-state index is 10.8. The highest BCUT2D eigenvalue weighted by Gasteiger charge is 2.12. The fraction of sp³-hybridized carbons (Fsp3) is 0.882. The molecule has 1 heterocycles. The third kappa shape index (κ3) is 9.97. The number of hydrogen-bond donors (Lipinski definition) is 0. The van der Waals surface area contributed by atoms with E-state index >= 15 is 0 Å². The van der Waals surface area contributed by atoms with Crippen LogP contribution in [-0.4, -0.2) is 42.0 Å². The van der Waals surface area contributed by atoms with Gasteiger partial charge in [-0.3, -0.25) is 0 Å². The predicted octanol–water partition coefficient (Wildman–Crippen LogP) is 4.14. The zero-order valence-corrected chi connectivity index (χ0v) is 14.4. The number of carbonyl (C=O) groups is 1. The molecule has 0 bridgehead atoms. The van der Waals surface area contributed by atoms with E-state index in [0.29, 0.717) is 5.78 Å². The monoisotopic (exact) mass is 313 g/mol. The summed E-state index contributed by atoms with van der Waals surface area (Å²) in [5, 5.41) is 0. The standard InChI is InChI=1S/C17H31NO2S/c1-16(19)10-8-6-4-2-3-5-7-9-11-17(21)18-12-14-20-15-13-18/h2-15H2,1H3. The van der Waals surface area contributed by atoms with E-state index in [2.05, 4.69) is 4.90 Å². The highest BCUT2D eigenvalue weighted by atomic mass is 32.1. The molecule has 21 heavy (non-hydrogen) atoms. The minimum Gasteiger partial charge on any atom is -0.378 e. The quantitative estimate of drug-likeness (QED) is 0.423. The minimum absolute atomic E-state index is 0.325. The van der Waals surface area contributed by atoms with E-state index in [-0.39, 0.29) is 0 Å². The maximum Gasteiger partial charge on any atom is 0.129 e. The normalized spacial score (nSPS) is 15.2. The molecular formula is C17H31NO2S. The smallest absolute Gasteiger partial charge is 0.129 e. The predicted molar refractivity (Wildman–Crippen MR) is 91.8 cm³/mol. The van der Waals surface area contributed by atoms with Crippen LogP contribution in [0, 0.1) is 0 Å².